The lowest BCUT2D eigenvalue weighted by atomic mass is 9.98. The number of allylic oxidation sites excluding steroid dienone is 4. The SMILES string of the molecule is COCc1cccc2c1C(OS(=O)(=O)C1(S(=O)(=O)O)C=CC=CC1C=Cc1ccccc1)NC2. The van der Waals surface area contributed by atoms with Crippen molar-refractivity contribution in [2.24, 2.45) is 5.92 Å². The van der Waals surface area contributed by atoms with Crippen LogP contribution in [0.25, 0.3) is 6.08 Å². The van der Waals surface area contributed by atoms with Crippen LogP contribution in [0.15, 0.2) is 78.9 Å². The molecule has 3 atom stereocenters. The first-order valence-electron chi connectivity index (χ1n) is 10.5. The highest BCUT2D eigenvalue weighted by Crippen LogP contribution is 2.42. The van der Waals surface area contributed by atoms with E-state index < -0.39 is 36.5 Å². The Labute approximate surface area is 199 Å². The van der Waals surface area contributed by atoms with Crippen molar-refractivity contribution >= 4 is 26.3 Å². The van der Waals surface area contributed by atoms with E-state index in [-0.39, 0.29) is 6.61 Å². The van der Waals surface area contributed by atoms with Gasteiger partial charge in [0.25, 0.3) is 24.3 Å². The monoisotopic (exact) mass is 503 g/mol. The van der Waals surface area contributed by atoms with E-state index in [1.54, 1.807) is 36.4 Å². The van der Waals surface area contributed by atoms with Crippen molar-refractivity contribution in [3.8, 4) is 0 Å². The molecule has 180 valence electrons. The van der Waals surface area contributed by atoms with Crippen molar-refractivity contribution in [2.75, 3.05) is 7.11 Å². The number of ether oxygens (including phenoxy) is 1. The van der Waals surface area contributed by atoms with E-state index in [4.69, 9.17) is 8.92 Å². The minimum Gasteiger partial charge on any atom is -0.380 e. The highest BCUT2D eigenvalue weighted by atomic mass is 32.3. The lowest BCUT2D eigenvalue weighted by Gasteiger charge is -2.33. The summed E-state index contributed by atoms with van der Waals surface area (Å²) in [6, 6.07) is 14.4. The molecule has 0 spiro atoms. The zero-order chi connectivity index (χ0) is 24.4. The number of benzene rings is 2. The van der Waals surface area contributed by atoms with Crippen molar-refractivity contribution in [2.45, 2.75) is 23.5 Å². The molecule has 4 rings (SSSR count). The van der Waals surface area contributed by atoms with Crippen LogP contribution >= 0.6 is 0 Å². The van der Waals surface area contributed by atoms with Gasteiger partial charge in [-0.1, -0.05) is 78.9 Å². The third-order valence-corrected chi connectivity index (χ3v) is 9.96. The van der Waals surface area contributed by atoms with Crippen molar-refractivity contribution in [1.29, 1.82) is 0 Å². The molecule has 8 nitrogen and oxygen atoms in total. The lowest BCUT2D eigenvalue weighted by molar-refractivity contribution is 0.165. The Bertz CT molecular complexity index is 1350. The molecule has 1 heterocycles. The van der Waals surface area contributed by atoms with Crippen LogP contribution in [-0.4, -0.2) is 32.6 Å². The molecule has 34 heavy (non-hydrogen) atoms. The van der Waals surface area contributed by atoms with Gasteiger partial charge in [0.15, 0.2) is 6.23 Å². The molecule has 0 saturated heterocycles. The molecule has 2 aromatic rings. The van der Waals surface area contributed by atoms with Crippen molar-refractivity contribution in [1.82, 2.24) is 5.32 Å². The Kier molecular flexibility index (Phi) is 6.90. The zero-order valence-corrected chi connectivity index (χ0v) is 20.0. The molecule has 2 N–H and O–H groups in total. The molecule has 2 aromatic carbocycles. The molecular formula is C24H25NO7S2. The van der Waals surface area contributed by atoms with Gasteiger partial charge in [-0.2, -0.15) is 16.8 Å². The van der Waals surface area contributed by atoms with Crippen LogP contribution in [0, 0.1) is 5.92 Å². The first-order chi connectivity index (χ1) is 16.2. The van der Waals surface area contributed by atoms with Gasteiger partial charge in [0.1, 0.15) is 0 Å². The Morgan fingerprint density at radius 1 is 1.09 bits per heavy atom. The molecule has 3 unspecified atom stereocenters. The van der Waals surface area contributed by atoms with Crippen molar-refractivity contribution in [3.05, 3.63) is 101 Å². The van der Waals surface area contributed by atoms with Crippen LogP contribution in [0.3, 0.4) is 0 Å². The lowest BCUT2D eigenvalue weighted by Crippen LogP contribution is -2.51. The Balaban J connectivity index is 1.76. The third-order valence-electron chi connectivity index (χ3n) is 5.86. The third kappa shape index (κ3) is 4.40. The summed E-state index contributed by atoms with van der Waals surface area (Å²) in [5, 5.41) is 2.96. The molecule has 10 heteroatoms. The Morgan fingerprint density at radius 3 is 2.56 bits per heavy atom. The second kappa shape index (κ2) is 9.57. The van der Waals surface area contributed by atoms with Gasteiger partial charge in [0.05, 0.1) is 6.61 Å². The van der Waals surface area contributed by atoms with E-state index in [1.807, 2.05) is 18.2 Å². The molecule has 2 aliphatic rings. The van der Waals surface area contributed by atoms with Crippen molar-refractivity contribution in [3.63, 3.8) is 0 Å². The molecule has 0 saturated carbocycles. The van der Waals surface area contributed by atoms with Gasteiger partial charge < -0.3 is 4.74 Å². The maximum Gasteiger partial charge on any atom is 0.296 e. The number of nitrogens with one attached hydrogen (secondary N) is 1. The van der Waals surface area contributed by atoms with Crippen LogP contribution in [0.5, 0.6) is 0 Å². The van der Waals surface area contributed by atoms with E-state index in [9.17, 15) is 21.4 Å². The van der Waals surface area contributed by atoms with Gasteiger partial charge in [-0.05, 0) is 22.8 Å². The van der Waals surface area contributed by atoms with Gasteiger partial charge in [0, 0.05) is 25.1 Å². The summed E-state index contributed by atoms with van der Waals surface area (Å²) < 4.78 is 70.9. The van der Waals surface area contributed by atoms with Gasteiger partial charge >= 0.3 is 0 Å². The predicted molar refractivity (Wildman–Crippen MR) is 128 cm³/mol. The zero-order valence-electron chi connectivity index (χ0n) is 18.4. The molecule has 1 aliphatic carbocycles. The second-order valence-electron chi connectivity index (χ2n) is 7.97. The first kappa shape index (κ1) is 24.5. The molecule has 0 aromatic heterocycles. The molecule has 0 amide bonds. The fraction of sp³-hybridized carbons (Fsp3) is 0.250. The number of methoxy groups -OCH3 is 1. The van der Waals surface area contributed by atoms with E-state index in [2.05, 4.69) is 5.32 Å². The average Bonchev–Trinajstić information content (AvgIpc) is 3.21. The smallest absolute Gasteiger partial charge is 0.296 e. The van der Waals surface area contributed by atoms with Crippen LogP contribution in [0.2, 0.25) is 0 Å². The highest BCUT2D eigenvalue weighted by Gasteiger charge is 2.59. The normalized spacial score (nSPS) is 24.5. The van der Waals surface area contributed by atoms with Gasteiger partial charge in [-0.25, -0.2) is 4.18 Å². The first-order valence-corrected chi connectivity index (χ1v) is 13.4. The topological polar surface area (TPSA) is 119 Å². The van der Waals surface area contributed by atoms with Crippen LogP contribution in [0.1, 0.15) is 28.5 Å². The molecule has 0 radical (unpaired) electrons. The van der Waals surface area contributed by atoms with E-state index in [1.165, 1.54) is 31.4 Å². The van der Waals surface area contributed by atoms with E-state index in [0.29, 0.717) is 17.7 Å². The average molecular weight is 504 g/mol. The second-order valence-corrected chi connectivity index (χ2v) is 11.6. The van der Waals surface area contributed by atoms with Crippen LogP contribution < -0.4 is 5.32 Å². The standard InChI is InChI=1S/C24H25NO7S2/c1-31-17-20-11-7-10-19-16-25-23(22(19)20)32-34(29,30)24(33(26,27)28)15-6-5-12-21(24)14-13-18-8-3-2-4-9-18/h2-15,21,23,25H,16-17H2,1H3,(H,26,27,28). The summed E-state index contributed by atoms with van der Waals surface area (Å²) in [6.07, 6.45) is 7.05. The summed E-state index contributed by atoms with van der Waals surface area (Å²) in [7, 11) is -8.62. The predicted octanol–water partition coefficient (Wildman–Crippen LogP) is 3.32. The minimum atomic E-state index is -5.19. The molecular weight excluding hydrogens is 478 g/mol. The van der Waals surface area contributed by atoms with Crippen LogP contribution in [0.4, 0.5) is 0 Å². The Hall–Kier alpha value is -2.60. The molecule has 1 aliphatic heterocycles. The van der Waals surface area contributed by atoms with Gasteiger partial charge in [-0.3, -0.25) is 9.87 Å². The van der Waals surface area contributed by atoms with Gasteiger partial charge in [-0.15, -0.1) is 0 Å². The van der Waals surface area contributed by atoms with Crippen molar-refractivity contribution < 1.29 is 30.3 Å². The quantitative estimate of drug-likeness (QED) is 0.416. The fourth-order valence-corrected chi connectivity index (χ4v) is 7.47. The minimum absolute atomic E-state index is 0.222. The van der Waals surface area contributed by atoms with E-state index >= 15 is 0 Å². The van der Waals surface area contributed by atoms with Gasteiger partial charge in [0.2, 0.25) is 0 Å². The Morgan fingerprint density at radius 2 is 1.85 bits per heavy atom. The summed E-state index contributed by atoms with van der Waals surface area (Å²) in [4.78, 5) is 0. The summed E-state index contributed by atoms with van der Waals surface area (Å²) in [6.45, 7) is 0.554. The highest BCUT2D eigenvalue weighted by molar-refractivity contribution is 8.06. The molecule has 0 fully saturated rings. The van der Waals surface area contributed by atoms with Crippen LogP contribution in [-0.2, 0) is 42.3 Å². The summed E-state index contributed by atoms with van der Waals surface area (Å²) in [5.74, 6) is -1.24. The maximum absolute atomic E-state index is 13.7. The maximum atomic E-state index is 13.7. The molecule has 0 bridgehead atoms. The summed E-state index contributed by atoms with van der Waals surface area (Å²) in [5.41, 5.74) is 2.84. The number of rotatable bonds is 8. The van der Waals surface area contributed by atoms with E-state index in [0.717, 1.165) is 17.2 Å². The number of hydrogen-bond donors (Lipinski definition) is 2. The number of fused-ring (bicyclic) bond motifs is 1. The largest absolute Gasteiger partial charge is 0.380 e. The number of hydrogen-bond acceptors (Lipinski definition) is 7. The summed E-state index contributed by atoms with van der Waals surface area (Å²) >= 11 is 0. The fourth-order valence-electron chi connectivity index (χ4n) is 4.26.